The summed E-state index contributed by atoms with van der Waals surface area (Å²) in [5.41, 5.74) is 0. The first-order valence-electron chi connectivity index (χ1n) is 32.1. The molecule has 8 N–H and O–H groups in total. The van der Waals surface area contributed by atoms with Crippen molar-refractivity contribution in [1.82, 2.24) is 5.32 Å². The zero-order valence-corrected chi connectivity index (χ0v) is 48.4. The van der Waals surface area contributed by atoms with Crippen LogP contribution in [0.2, 0.25) is 0 Å². The Morgan fingerprint density at radius 2 is 0.784 bits per heavy atom. The summed E-state index contributed by atoms with van der Waals surface area (Å²) >= 11 is 0. The predicted molar refractivity (Wildman–Crippen MR) is 307 cm³/mol. The van der Waals surface area contributed by atoms with Gasteiger partial charge in [0.1, 0.15) is 36.6 Å². The summed E-state index contributed by atoms with van der Waals surface area (Å²) in [6.07, 6.45) is 51.3. The van der Waals surface area contributed by atoms with E-state index in [1.54, 1.807) is 0 Å². The Hall–Kier alpha value is -1.15. The number of ether oxygens (including phenoxy) is 2. The van der Waals surface area contributed by atoms with Crippen LogP contribution in [0.3, 0.4) is 0 Å². The Kier molecular flexibility index (Phi) is 50.3. The lowest BCUT2D eigenvalue weighted by atomic mass is 9.98. The summed E-state index contributed by atoms with van der Waals surface area (Å²) in [4.78, 5) is 13.2. The lowest BCUT2D eigenvalue weighted by Gasteiger charge is -2.40. The Balaban J connectivity index is 2.25. The fourth-order valence-electron chi connectivity index (χ4n) is 10.6. The van der Waals surface area contributed by atoms with Crippen LogP contribution < -0.4 is 5.32 Å². The highest BCUT2D eigenvalue weighted by atomic mass is 16.7. The molecule has 11 heteroatoms. The molecule has 0 aliphatic carbocycles. The fraction of sp³-hybridized carbons (Fsp3) is 0.952. The van der Waals surface area contributed by atoms with E-state index in [0.717, 1.165) is 38.5 Å². The maximum absolute atomic E-state index is 13.2. The quantitative estimate of drug-likeness (QED) is 0.0215. The minimum Gasteiger partial charge on any atom is -0.394 e. The first kappa shape index (κ1) is 70.9. The van der Waals surface area contributed by atoms with E-state index in [0.29, 0.717) is 19.3 Å². The van der Waals surface area contributed by atoms with Crippen LogP contribution >= 0.6 is 0 Å². The van der Waals surface area contributed by atoms with E-state index in [2.05, 4.69) is 31.3 Å². The largest absolute Gasteiger partial charge is 0.394 e. The van der Waals surface area contributed by atoms with Crippen LogP contribution in [0.1, 0.15) is 316 Å². The molecule has 1 aliphatic rings. The highest BCUT2D eigenvalue weighted by Crippen LogP contribution is 2.24. The van der Waals surface area contributed by atoms with E-state index in [1.165, 1.54) is 238 Å². The van der Waals surface area contributed by atoms with E-state index < -0.39 is 74.2 Å². The minimum atomic E-state index is -1.66. The zero-order chi connectivity index (χ0) is 54.0. The van der Waals surface area contributed by atoms with Crippen LogP contribution in [0.15, 0.2) is 12.2 Å². The van der Waals surface area contributed by atoms with Gasteiger partial charge in [-0.05, 0) is 38.5 Å². The maximum atomic E-state index is 13.2. The summed E-state index contributed by atoms with van der Waals surface area (Å²) in [5.74, 6) is -0.692. The minimum absolute atomic E-state index is 0.261. The topological polar surface area (TPSA) is 189 Å². The Labute approximate surface area is 455 Å². The van der Waals surface area contributed by atoms with Crippen molar-refractivity contribution in [2.24, 2.45) is 0 Å². The molecule has 440 valence electrons. The molecule has 0 spiro atoms. The van der Waals surface area contributed by atoms with Crippen molar-refractivity contribution in [3.8, 4) is 0 Å². The molecule has 9 atom stereocenters. The van der Waals surface area contributed by atoms with Crippen LogP contribution in [-0.2, 0) is 14.3 Å². The molecule has 0 aromatic heterocycles. The summed E-state index contributed by atoms with van der Waals surface area (Å²) < 4.78 is 11.2. The van der Waals surface area contributed by atoms with Gasteiger partial charge in [-0.25, -0.2) is 0 Å². The molecule has 9 unspecified atom stereocenters. The van der Waals surface area contributed by atoms with Crippen molar-refractivity contribution in [3.05, 3.63) is 12.2 Å². The fourth-order valence-corrected chi connectivity index (χ4v) is 10.6. The molecule has 74 heavy (non-hydrogen) atoms. The van der Waals surface area contributed by atoms with Crippen LogP contribution in [0, 0.1) is 0 Å². The Bertz CT molecular complexity index is 1210. The number of hydrogen-bond acceptors (Lipinski definition) is 10. The van der Waals surface area contributed by atoms with Gasteiger partial charge in [0.25, 0.3) is 0 Å². The summed E-state index contributed by atoms with van der Waals surface area (Å²) in [6.45, 7) is 3.51. The van der Waals surface area contributed by atoms with E-state index in [-0.39, 0.29) is 6.42 Å². The number of nitrogens with one attached hydrogen (secondary N) is 1. The number of aliphatic hydroxyl groups excluding tert-OH is 7. The third-order valence-corrected chi connectivity index (χ3v) is 15.8. The average molecular weight is 1050 g/mol. The molecule has 0 aromatic carbocycles. The van der Waals surface area contributed by atoms with Gasteiger partial charge < -0.3 is 50.5 Å². The number of rotatable bonds is 56. The summed E-state index contributed by atoms with van der Waals surface area (Å²) in [5, 5.41) is 76.4. The highest BCUT2D eigenvalue weighted by molar-refractivity contribution is 5.80. The molecule has 1 fully saturated rings. The van der Waals surface area contributed by atoms with Gasteiger partial charge in [0.05, 0.1) is 25.4 Å². The third kappa shape index (κ3) is 40.1. The first-order chi connectivity index (χ1) is 36.2. The van der Waals surface area contributed by atoms with Crippen LogP contribution in [-0.4, -0.2) is 110 Å². The lowest BCUT2D eigenvalue weighted by Crippen LogP contribution is -2.60. The Morgan fingerprint density at radius 1 is 0.459 bits per heavy atom. The normalized spacial score (nSPS) is 19.8. The number of aliphatic hydroxyl groups is 7. The van der Waals surface area contributed by atoms with E-state index in [4.69, 9.17) is 9.47 Å². The number of hydrogen-bond donors (Lipinski definition) is 8. The van der Waals surface area contributed by atoms with Gasteiger partial charge in [0, 0.05) is 0 Å². The molecule has 1 heterocycles. The smallest absolute Gasteiger partial charge is 0.249 e. The lowest BCUT2D eigenvalue weighted by molar-refractivity contribution is -0.303. The first-order valence-corrected chi connectivity index (χ1v) is 32.1. The number of unbranched alkanes of at least 4 members (excludes halogenated alkanes) is 42. The second-order valence-corrected chi connectivity index (χ2v) is 22.8. The second kappa shape index (κ2) is 52.5. The molecule has 1 amide bonds. The van der Waals surface area contributed by atoms with Crippen LogP contribution in [0.5, 0.6) is 0 Å². The van der Waals surface area contributed by atoms with Crippen molar-refractivity contribution < 1.29 is 50.0 Å². The zero-order valence-electron chi connectivity index (χ0n) is 48.4. The number of carbonyl (C=O) groups is 1. The van der Waals surface area contributed by atoms with E-state index in [9.17, 15) is 40.5 Å². The molecule has 0 bridgehead atoms. The molecular weight excluding hydrogens is 931 g/mol. The van der Waals surface area contributed by atoms with Crippen molar-refractivity contribution in [2.45, 2.75) is 371 Å². The number of carbonyl (C=O) groups excluding carboxylic acids is 1. The van der Waals surface area contributed by atoms with Crippen LogP contribution in [0.4, 0.5) is 0 Å². The molecule has 0 saturated carbocycles. The molecule has 1 rings (SSSR count). The van der Waals surface area contributed by atoms with Crippen molar-refractivity contribution >= 4 is 5.91 Å². The molecule has 1 saturated heterocycles. The van der Waals surface area contributed by atoms with Gasteiger partial charge in [-0.1, -0.05) is 289 Å². The van der Waals surface area contributed by atoms with Crippen molar-refractivity contribution in [3.63, 3.8) is 0 Å². The monoisotopic (exact) mass is 1050 g/mol. The van der Waals surface area contributed by atoms with Gasteiger partial charge in [-0.3, -0.25) is 4.79 Å². The van der Waals surface area contributed by atoms with E-state index in [1.807, 2.05) is 0 Å². The van der Waals surface area contributed by atoms with Crippen molar-refractivity contribution in [2.75, 3.05) is 13.2 Å². The molecule has 1 aliphatic heterocycles. The second-order valence-electron chi connectivity index (χ2n) is 22.8. The highest BCUT2D eigenvalue weighted by Gasteiger charge is 2.44. The van der Waals surface area contributed by atoms with Crippen LogP contribution in [0.25, 0.3) is 0 Å². The van der Waals surface area contributed by atoms with Gasteiger partial charge >= 0.3 is 0 Å². The summed E-state index contributed by atoms with van der Waals surface area (Å²) in [6, 6.07) is -1.17. The van der Waals surface area contributed by atoms with Crippen molar-refractivity contribution in [1.29, 1.82) is 0 Å². The Morgan fingerprint density at radius 3 is 1.14 bits per heavy atom. The van der Waals surface area contributed by atoms with Gasteiger partial charge in [0.2, 0.25) is 5.91 Å². The molecule has 11 nitrogen and oxygen atoms in total. The predicted octanol–water partition coefficient (Wildman–Crippen LogP) is 14.3. The number of allylic oxidation sites excluding steroid dienone is 2. The average Bonchev–Trinajstić information content (AvgIpc) is 3.40. The third-order valence-electron chi connectivity index (χ3n) is 15.8. The molecule has 0 aromatic rings. The van der Waals surface area contributed by atoms with Gasteiger partial charge in [-0.2, -0.15) is 0 Å². The molecular formula is C63H123NO10. The van der Waals surface area contributed by atoms with Gasteiger partial charge in [-0.15, -0.1) is 0 Å². The summed E-state index contributed by atoms with van der Waals surface area (Å²) in [7, 11) is 0. The van der Waals surface area contributed by atoms with Gasteiger partial charge in [0.15, 0.2) is 6.29 Å². The maximum Gasteiger partial charge on any atom is 0.249 e. The van der Waals surface area contributed by atoms with E-state index >= 15 is 0 Å². The number of amides is 1. The standard InChI is InChI=1S/C63H123NO10/c1-3-5-7-9-11-13-15-17-19-21-23-25-27-28-29-31-33-35-37-39-41-43-45-47-49-51-56(67)62(72)64-54(53-73-63-61(71)60(70)59(69)57(52-65)74-63)58(68)55(66)50-48-46-44-42-40-38-36-34-32-30-26-24-22-20-18-16-14-12-10-8-6-4-2/h28-29,54-61,63,65-71H,3-27,30-53H2,1-2H3,(H,64,72)/b29-28-. The SMILES string of the molecule is CCCCCCCCCCCCCC/C=C\CCCCCCCCCCCC(O)C(=O)NC(COC1OC(CO)C(O)C(O)C1O)C(O)C(O)CCCCCCCCCCCCCCCCCCCCCCCC. The molecule has 0 radical (unpaired) electrons.